The second kappa shape index (κ2) is 5.18. The fourth-order valence-corrected chi connectivity index (χ4v) is 1.41. The Morgan fingerprint density at radius 2 is 1.56 bits per heavy atom. The van der Waals surface area contributed by atoms with Crippen molar-refractivity contribution in [1.29, 1.82) is 0 Å². The van der Waals surface area contributed by atoms with Crippen LogP contribution in [-0.2, 0) is 0 Å². The molecule has 0 atom stereocenters. The van der Waals surface area contributed by atoms with Crippen LogP contribution in [0.2, 0.25) is 0 Å². The summed E-state index contributed by atoms with van der Waals surface area (Å²) >= 11 is 5.14. The fraction of sp³-hybridized carbons (Fsp3) is 0. The lowest BCUT2D eigenvalue weighted by Crippen LogP contribution is -2.19. The third-order valence-electron chi connectivity index (χ3n) is 1.85. The Hall–Kier alpha value is -2.01. The highest BCUT2D eigenvalue weighted by Crippen LogP contribution is 2.07. The highest BCUT2D eigenvalue weighted by Gasteiger charge is 1.97. The Bertz CT molecular complexity index is 414. The summed E-state index contributed by atoms with van der Waals surface area (Å²) in [4.78, 5) is 7.77. The summed E-state index contributed by atoms with van der Waals surface area (Å²) in [6.45, 7) is 0. The minimum absolute atomic E-state index is 0.515. The van der Waals surface area contributed by atoms with E-state index in [1.54, 1.807) is 12.4 Å². The predicted octanol–water partition coefficient (Wildman–Crippen LogP) is 2.29. The van der Waals surface area contributed by atoms with Crippen LogP contribution in [0.25, 0.3) is 0 Å². The molecule has 0 unspecified atom stereocenters. The van der Waals surface area contributed by atoms with Crippen molar-refractivity contribution in [2.24, 2.45) is 0 Å². The Kier molecular flexibility index (Phi) is 3.40. The zero-order chi connectivity index (χ0) is 11.2. The van der Waals surface area contributed by atoms with Gasteiger partial charge in [0.1, 0.15) is 6.33 Å². The standard InChI is InChI=1S/C11H10N4S/c16-11(14-9-4-2-1-3-5-9)15-10-6-12-8-13-7-10/h1-8H,(H2,14,15,16). The largest absolute Gasteiger partial charge is 0.332 e. The normalized spacial score (nSPS) is 9.50. The number of aromatic nitrogens is 2. The highest BCUT2D eigenvalue weighted by atomic mass is 32.1. The summed E-state index contributed by atoms with van der Waals surface area (Å²) in [6.07, 6.45) is 4.79. The lowest BCUT2D eigenvalue weighted by atomic mass is 10.3. The first-order valence-corrected chi connectivity index (χ1v) is 5.13. The fourth-order valence-electron chi connectivity index (χ4n) is 1.18. The quantitative estimate of drug-likeness (QED) is 0.775. The van der Waals surface area contributed by atoms with Gasteiger partial charge in [0.2, 0.25) is 0 Å². The zero-order valence-electron chi connectivity index (χ0n) is 8.42. The Balaban J connectivity index is 1.95. The topological polar surface area (TPSA) is 49.8 Å². The van der Waals surface area contributed by atoms with Gasteiger partial charge in [-0.1, -0.05) is 18.2 Å². The number of hydrogen-bond acceptors (Lipinski definition) is 3. The van der Waals surface area contributed by atoms with Crippen LogP contribution in [0.15, 0.2) is 49.1 Å². The molecule has 2 N–H and O–H groups in total. The van der Waals surface area contributed by atoms with E-state index in [-0.39, 0.29) is 0 Å². The molecule has 5 heteroatoms. The van der Waals surface area contributed by atoms with Crippen LogP contribution in [0.5, 0.6) is 0 Å². The number of nitrogens with zero attached hydrogens (tertiary/aromatic N) is 2. The molecule has 2 rings (SSSR count). The van der Waals surface area contributed by atoms with Crippen LogP contribution >= 0.6 is 12.2 Å². The molecule has 1 aromatic carbocycles. The molecule has 0 aliphatic carbocycles. The summed E-state index contributed by atoms with van der Waals surface area (Å²) in [5.41, 5.74) is 1.70. The molecule has 1 aromatic heterocycles. The van der Waals surface area contributed by atoms with Crippen LogP contribution < -0.4 is 10.6 Å². The molecule has 0 saturated carbocycles. The number of nitrogens with one attached hydrogen (secondary N) is 2. The van der Waals surface area contributed by atoms with Gasteiger partial charge in [-0.05, 0) is 24.4 Å². The van der Waals surface area contributed by atoms with Crippen LogP contribution in [-0.4, -0.2) is 15.1 Å². The minimum Gasteiger partial charge on any atom is -0.332 e. The van der Waals surface area contributed by atoms with E-state index in [0.29, 0.717) is 5.11 Å². The van der Waals surface area contributed by atoms with Crippen molar-refractivity contribution in [3.63, 3.8) is 0 Å². The van der Waals surface area contributed by atoms with Gasteiger partial charge in [0.05, 0.1) is 18.1 Å². The van der Waals surface area contributed by atoms with Crippen LogP contribution in [0.1, 0.15) is 0 Å². The van der Waals surface area contributed by atoms with E-state index in [2.05, 4.69) is 20.6 Å². The van der Waals surface area contributed by atoms with E-state index in [9.17, 15) is 0 Å². The first-order chi connectivity index (χ1) is 7.84. The SMILES string of the molecule is S=C(Nc1ccccc1)Nc1cncnc1. The average Bonchev–Trinajstić information content (AvgIpc) is 2.31. The number of benzene rings is 1. The molecule has 0 radical (unpaired) electrons. The van der Waals surface area contributed by atoms with Crippen LogP contribution in [0.3, 0.4) is 0 Å². The Labute approximate surface area is 98.8 Å². The molecule has 0 saturated heterocycles. The van der Waals surface area contributed by atoms with Crippen molar-refractivity contribution >= 4 is 28.7 Å². The van der Waals surface area contributed by atoms with Crippen molar-refractivity contribution in [3.8, 4) is 0 Å². The summed E-state index contributed by atoms with van der Waals surface area (Å²) < 4.78 is 0. The molecule has 0 amide bonds. The number of anilines is 2. The van der Waals surface area contributed by atoms with E-state index in [1.807, 2.05) is 30.3 Å². The maximum absolute atomic E-state index is 5.14. The number of thiocarbonyl (C=S) groups is 1. The maximum atomic E-state index is 5.14. The molecule has 16 heavy (non-hydrogen) atoms. The van der Waals surface area contributed by atoms with Gasteiger partial charge in [-0.3, -0.25) is 0 Å². The van der Waals surface area contributed by atoms with Gasteiger partial charge >= 0.3 is 0 Å². The van der Waals surface area contributed by atoms with Crippen molar-refractivity contribution in [3.05, 3.63) is 49.1 Å². The monoisotopic (exact) mass is 230 g/mol. The summed E-state index contributed by atoms with van der Waals surface area (Å²) in [5, 5.41) is 6.56. The van der Waals surface area contributed by atoms with E-state index in [1.165, 1.54) is 6.33 Å². The van der Waals surface area contributed by atoms with Gasteiger partial charge in [-0.15, -0.1) is 0 Å². The first-order valence-electron chi connectivity index (χ1n) is 4.72. The predicted molar refractivity (Wildman–Crippen MR) is 68.3 cm³/mol. The van der Waals surface area contributed by atoms with Crippen molar-refractivity contribution in [1.82, 2.24) is 9.97 Å². The zero-order valence-corrected chi connectivity index (χ0v) is 9.24. The van der Waals surface area contributed by atoms with E-state index >= 15 is 0 Å². The second-order valence-corrected chi connectivity index (χ2v) is 3.48. The third-order valence-corrected chi connectivity index (χ3v) is 2.05. The molecule has 0 aliphatic heterocycles. The number of hydrogen-bond donors (Lipinski definition) is 2. The molecule has 2 aromatic rings. The molecule has 0 bridgehead atoms. The van der Waals surface area contributed by atoms with Gasteiger partial charge in [0.15, 0.2) is 5.11 Å². The highest BCUT2D eigenvalue weighted by molar-refractivity contribution is 7.80. The minimum atomic E-state index is 0.515. The van der Waals surface area contributed by atoms with Gasteiger partial charge in [0, 0.05) is 5.69 Å². The summed E-state index contributed by atoms with van der Waals surface area (Å²) in [5.74, 6) is 0. The molecule has 4 nitrogen and oxygen atoms in total. The number of para-hydroxylation sites is 1. The van der Waals surface area contributed by atoms with Crippen LogP contribution in [0, 0.1) is 0 Å². The maximum Gasteiger partial charge on any atom is 0.175 e. The molecule has 1 heterocycles. The third kappa shape index (κ3) is 2.99. The molecule has 0 fully saturated rings. The smallest absolute Gasteiger partial charge is 0.175 e. The number of rotatable bonds is 2. The average molecular weight is 230 g/mol. The molecule has 0 aliphatic rings. The molecule has 0 spiro atoms. The molecular formula is C11H10N4S. The van der Waals surface area contributed by atoms with Crippen LogP contribution in [0.4, 0.5) is 11.4 Å². The van der Waals surface area contributed by atoms with Gasteiger partial charge < -0.3 is 10.6 Å². The van der Waals surface area contributed by atoms with Crippen molar-refractivity contribution < 1.29 is 0 Å². The Morgan fingerprint density at radius 1 is 0.938 bits per heavy atom. The lowest BCUT2D eigenvalue weighted by molar-refractivity contribution is 1.17. The summed E-state index contributed by atoms with van der Waals surface area (Å²) in [7, 11) is 0. The van der Waals surface area contributed by atoms with Gasteiger partial charge in [-0.2, -0.15) is 0 Å². The van der Waals surface area contributed by atoms with Crippen molar-refractivity contribution in [2.45, 2.75) is 0 Å². The van der Waals surface area contributed by atoms with E-state index in [0.717, 1.165) is 11.4 Å². The summed E-state index contributed by atoms with van der Waals surface area (Å²) in [6, 6.07) is 9.71. The van der Waals surface area contributed by atoms with E-state index < -0.39 is 0 Å². The molecule has 80 valence electrons. The van der Waals surface area contributed by atoms with E-state index in [4.69, 9.17) is 12.2 Å². The first kappa shape index (κ1) is 10.5. The second-order valence-electron chi connectivity index (χ2n) is 3.07. The lowest BCUT2D eigenvalue weighted by Gasteiger charge is -2.09. The Morgan fingerprint density at radius 3 is 2.25 bits per heavy atom. The van der Waals surface area contributed by atoms with Crippen molar-refractivity contribution in [2.75, 3.05) is 10.6 Å². The van der Waals surface area contributed by atoms with Gasteiger partial charge in [0.25, 0.3) is 0 Å². The molecular weight excluding hydrogens is 220 g/mol. The van der Waals surface area contributed by atoms with Gasteiger partial charge in [-0.25, -0.2) is 9.97 Å².